The van der Waals surface area contributed by atoms with Crippen LogP contribution in [-0.2, 0) is 15.3 Å². The highest BCUT2D eigenvalue weighted by Crippen LogP contribution is 2.34. The lowest BCUT2D eigenvalue weighted by atomic mass is 9.96. The zero-order chi connectivity index (χ0) is 20.2. The second-order valence-corrected chi connectivity index (χ2v) is 9.70. The average molecular weight is 453 g/mol. The molecule has 1 aromatic heterocycles. The largest absolute Gasteiger partial charge is 0.454 e. The van der Waals surface area contributed by atoms with Crippen LogP contribution >= 0.6 is 34.7 Å². The van der Waals surface area contributed by atoms with Crippen molar-refractivity contribution in [1.82, 2.24) is 4.90 Å². The Kier molecular flexibility index (Phi) is 6.52. The van der Waals surface area contributed by atoms with E-state index >= 15 is 0 Å². The van der Waals surface area contributed by atoms with Gasteiger partial charge in [-0.2, -0.15) is 0 Å². The van der Waals surface area contributed by atoms with Crippen molar-refractivity contribution in [2.24, 2.45) is 5.92 Å². The molecule has 6 nitrogen and oxygen atoms in total. The summed E-state index contributed by atoms with van der Waals surface area (Å²) in [5, 5.41) is 2.95. The van der Waals surface area contributed by atoms with Crippen molar-refractivity contribution in [1.29, 1.82) is 0 Å². The van der Waals surface area contributed by atoms with Crippen LogP contribution in [0.15, 0.2) is 30.3 Å². The molecule has 0 spiro atoms. The first kappa shape index (κ1) is 20.4. The van der Waals surface area contributed by atoms with Crippen LogP contribution in [0.3, 0.4) is 0 Å². The van der Waals surface area contributed by atoms with Crippen molar-refractivity contribution in [3.05, 3.63) is 39.5 Å². The number of ether oxygens (including phenoxy) is 2. The number of hydrogen-bond donors (Lipinski definition) is 1. The fourth-order valence-corrected chi connectivity index (χ4v) is 5.49. The number of carbonyl (C=O) groups excluding carboxylic acids is 2. The third kappa shape index (κ3) is 5.18. The molecule has 2 aromatic rings. The molecular weight excluding hydrogens is 432 g/mol. The highest BCUT2D eigenvalue weighted by atomic mass is 35.5. The molecule has 4 rings (SSSR count). The van der Waals surface area contributed by atoms with Gasteiger partial charge in [0.1, 0.15) is 0 Å². The van der Waals surface area contributed by atoms with Crippen molar-refractivity contribution < 1.29 is 19.1 Å². The van der Waals surface area contributed by atoms with Crippen LogP contribution in [-0.4, -0.2) is 42.3 Å². The second-order valence-electron chi connectivity index (χ2n) is 6.91. The quantitative estimate of drug-likeness (QED) is 0.710. The zero-order valence-corrected chi connectivity index (χ0v) is 18.1. The van der Waals surface area contributed by atoms with Crippen molar-refractivity contribution in [2.75, 3.05) is 31.0 Å². The number of amides is 2. The van der Waals surface area contributed by atoms with Crippen LogP contribution in [0.4, 0.5) is 5.69 Å². The third-order valence-corrected chi connectivity index (χ3v) is 7.34. The molecule has 3 heterocycles. The fraction of sp³-hybridized carbons (Fsp3) is 0.400. The number of nitrogens with one attached hydrogen (secondary N) is 1. The van der Waals surface area contributed by atoms with Crippen LogP contribution in [0, 0.1) is 5.92 Å². The van der Waals surface area contributed by atoms with Crippen molar-refractivity contribution in [2.45, 2.75) is 18.6 Å². The fourth-order valence-electron chi connectivity index (χ4n) is 3.37. The summed E-state index contributed by atoms with van der Waals surface area (Å²) in [6.45, 7) is 1.44. The molecule has 1 aromatic carbocycles. The normalized spacial score (nSPS) is 16.1. The summed E-state index contributed by atoms with van der Waals surface area (Å²) in [5.41, 5.74) is 0.697. The Morgan fingerprint density at radius 3 is 2.72 bits per heavy atom. The lowest BCUT2D eigenvalue weighted by Gasteiger charge is -2.31. The minimum Gasteiger partial charge on any atom is -0.454 e. The first-order chi connectivity index (χ1) is 14.1. The molecule has 1 N–H and O–H groups in total. The van der Waals surface area contributed by atoms with E-state index < -0.39 is 0 Å². The standard InChI is InChI=1S/C20H21ClN2O4S2/c21-18-4-2-15(29-18)10-28-11-19(24)23-7-5-13(6-8-23)20(25)22-14-1-3-16-17(9-14)27-12-26-16/h1-4,9,13H,5-8,10-12H2,(H,22,25). The Morgan fingerprint density at radius 1 is 1.17 bits per heavy atom. The van der Waals surface area contributed by atoms with Gasteiger partial charge in [0.05, 0.1) is 10.1 Å². The Hall–Kier alpha value is -1.90. The van der Waals surface area contributed by atoms with E-state index in [1.54, 1.807) is 35.2 Å². The number of thioether (sulfide) groups is 1. The molecule has 154 valence electrons. The maximum atomic E-state index is 12.6. The molecule has 0 aliphatic carbocycles. The predicted molar refractivity (Wildman–Crippen MR) is 116 cm³/mol. The van der Waals surface area contributed by atoms with Crippen molar-refractivity contribution in [3.8, 4) is 11.5 Å². The number of fused-ring (bicyclic) bond motifs is 1. The smallest absolute Gasteiger partial charge is 0.232 e. The summed E-state index contributed by atoms with van der Waals surface area (Å²) in [5.74, 6) is 2.60. The van der Waals surface area contributed by atoms with Gasteiger partial charge in [0.15, 0.2) is 11.5 Å². The Labute approximate surface area is 182 Å². The average Bonchev–Trinajstić information content (AvgIpc) is 3.36. The molecule has 0 radical (unpaired) electrons. The van der Waals surface area contributed by atoms with E-state index in [0.717, 1.165) is 10.1 Å². The van der Waals surface area contributed by atoms with Gasteiger partial charge in [0, 0.05) is 41.4 Å². The number of rotatable bonds is 6. The van der Waals surface area contributed by atoms with E-state index in [1.807, 2.05) is 23.1 Å². The highest BCUT2D eigenvalue weighted by Gasteiger charge is 2.27. The van der Waals surface area contributed by atoms with E-state index in [9.17, 15) is 9.59 Å². The maximum absolute atomic E-state index is 12.6. The molecule has 0 saturated carbocycles. The van der Waals surface area contributed by atoms with Crippen LogP contribution in [0.1, 0.15) is 17.7 Å². The van der Waals surface area contributed by atoms with E-state index in [-0.39, 0.29) is 24.5 Å². The maximum Gasteiger partial charge on any atom is 0.232 e. The van der Waals surface area contributed by atoms with E-state index in [2.05, 4.69) is 5.32 Å². The van der Waals surface area contributed by atoms with Gasteiger partial charge >= 0.3 is 0 Å². The SMILES string of the molecule is O=C(Nc1ccc2c(c1)OCO2)C1CCN(C(=O)CSCc2ccc(Cl)s2)CC1. The zero-order valence-electron chi connectivity index (χ0n) is 15.7. The number of anilines is 1. The van der Waals surface area contributed by atoms with Crippen molar-refractivity contribution >= 4 is 52.2 Å². The van der Waals surface area contributed by atoms with Gasteiger partial charge in [-0.15, -0.1) is 23.1 Å². The highest BCUT2D eigenvalue weighted by molar-refractivity contribution is 7.99. The summed E-state index contributed by atoms with van der Waals surface area (Å²) in [6.07, 6.45) is 1.35. The van der Waals surface area contributed by atoms with Gasteiger partial charge in [0.2, 0.25) is 18.6 Å². The summed E-state index contributed by atoms with van der Waals surface area (Å²) in [7, 11) is 0. The predicted octanol–water partition coefficient (Wildman–Crippen LogP) is 4.24. The Balaban J connectivity index is 1.20. The van der Waals surface area contributed by atoms with Gasteiger partial charge in [-0.05, 0) is 37.1 Å². The lowest BCUT2D eigenvalue weighted by Crippen LogP contribution is -2.42. The van der Waals surface area contributed by atoms with Crippen LogP contribution in [0.5, 0.6) is 11.5 Å². The van der Waals surface area contributed by atoms with Crippen LogP contribution in [0.25, 0.3) is 0 Å². The topological polar surface area (TPSA) is 67.9 Å². The van der Waals surface area contributed by atoms with E-state index in [4.69, 9.17) is 21.1 Å². The number of hydrogen-bond acceptors (Lipinski definition) is 6. The number of likely N-dealkylation sites (tertiary alicyclic amines) is 1. The van der Waals surface area contributed by atoms with Crippen LogP contribution in [0.2, 0.25) is 4.34 Å². The molecule has 1 saturated heterocycles. The van der Waals surface area contributed by atoms with Gasteiger partial charge < -0.3 is 19.7 Å². The number of benzene rings is 1. The van der Waals surface area contributed by atoms with Crippen molar-refractivity contribution in [3.63, 3.8) is 0 Å². The second kappa shape index (κ2) is 9.28. The molecule has 0 atom stereocenters. The number of thiophene rings is 1. The number of piperidine rings is 1. The van der Waals surface area contributed by atoms with Gasteiger partial charge in [-0.3, -0.25) is 9.59 Å². The summed E-state index contributed by atoms with van der Waals surface area (Å²) >= 11 is 9.07. The van der Waals surface area contributed by atoms with Gasteiger partial charge in [0.25, 0.3) is 0 Å². The molecule has 0 unspecified atom stereocenters. The molecule has 9 heteroatoms. The third-order valence-electron chi connectivity index (χ3n) is 4.96. The minimum atomic E-state index is -0.0922. The monoisotopic (exact) mass is 452 g/mol. The number of halogens is 1. The Bertz CT molecular complexity index is 896. The molecule has 2 aliphatic rings. The van der Waals surface area contributed by atoms with Gasteiger partial charge in [-0.25, -0.2) is 0 Å². The number of nitrogens with zero attached hydrogens (tertiary/aromatic N) is 1. The summed E-state index contributed by atoms with van der Waals surface area (Å²) in [4.78, 5) is 28.0. The first-order valence-corrected chi connectivity index (χ1v) is 11.7. The molecular formula is C20H21ClN2O4S2. The molecule has 1 fully saturated rings. The molecule has 2 amide bonds. The molecule has 0 bridgehead atoms. The lowest BCUT2D eigenvalue weighted by molar-refractivity contribution is -0.132. The van der Waals surface area contributed by atoms with E-state index in [1.165, 1.54) is 4.88 Å². The minimum absolute atomic E-state index is 0.0140. The van der Waals surface area contributed by atoms with Crippen LogP contribution < -0.4 is 14.8 Å². The summed E-state index contributed by atoms with van der Waals surface area (Å²) in [6, 6.07) is 9.25. The summed E-state index contributed by atoms with van der Waals surface area (Å²) < 4.78 is 11.4. The first-order valence-electron chi connectivity index (χ1n) is 9.39. The van der Waals surface area contributed by atoms with Gasteiger partial charge in [-0.1, -0.05) is 11.6 Å². The van der Waals surface area contributed by atoms with E-state index in [0.29, 0.717) is 48.9 Å². The number of carbonyl (C=O) groups is 2. The molecule has 29 heavy (non-hydrogen) atoms. The molecule has 2 aliphatic heterocycles. The Morgan fingerprint density at radius 2 is 1.97 bits per heavy atom.